The molecule has 9 heteroatoms. The van der Waals surface area contributed by atoms with Crippen LogP contribution in [0.5, 0.6) is 0 Å². The molecule has 0 spiro atoms. The molecule has 0 unspecified atom stereocenters. The molecule has 2 amide bonds. The molecule has 1 aromatic heterocycles. The number of anilines is 1. The van der Waals surface area contributed by atoms with Gasteiger partial charge in [0, 0.05) is 23.3 Å². The van der Waals surface area contributed by atoms with Crippen molar-refractivity contribution in [2.24, 2.45) is 13.0 Å². The molecule has 0 fully saturated rings. The number of rotatable bonds is 8. The van der Waals surface area contributed by atoms with Gasteiger partial charge in [-0.3, -0.25) is 9.59 Å². The van der Waals surface area contributed by atoms with E-state index in [1.54, 1.807) is 36.4 Å². The highest BCUT2D eigenvalue weighted by Crippen LogP contribution is 2.24. The zero-order valence-corrected chi connectivity index (χ0v) is 19.1. The highest BCUT2D eigenvalue weighted by molar-refractivity contribution is 7.99. The summed E-state index contributed by atoms with van der Waals surface area (Å²) in [5.41, 5.74) is 1.26. The highest BCUT2D eigenvalue weighted by atomic mass is 35.5. The molecule has 1 heterocycles. The monoisotopic (exact) mass is 457 g/mol. The summed E-state index contributed by atoms with van der Waals surface area (Å²) in [6.07, 6.45) is 0. The lowest BCUT2D eigenvalue weighted by Gasteiger charge is -2.21. The van der Waals surface area contributed by atoms with Crippen LogP contribution in [-0.4, -0.2) is 32.3 Å². The molecule has 2 N–H and O–H groups in total. The summed E-state index contributed by atoms with van der Waals surface area (Å²) in [5, 5.41) is 15.6. The minimum absolute atomic E-state index is 0.0987. The third-order valence-electron chi connectivity index (χ3n) is 4.60. The maximum absolute atomic E-state index is 12.6. The number of benzene rings is 2. The molecule has 3 rings (SSSR count). The average molecular weight is 458 g/mol. The first kappa shape index (κ1) is 22.8. The number of thioether (sulfide) groups is 1. The van der Waals surface area contributed by atoms with Crippen LogP contribution >= 0.6 is 23.4 Å². The second kappa shape index (κ2) is 10.5. The Morgan fingerprint density at radius 1 is 1.06 bits per heavy atom. The van der Waals surface area contributed by atoms with Crippen molar-refractivity contribution in [3.63, 3.8) is 0 Å². The predicted molar refractivity (Wildman–Crippen MR) is 123 cm³/mol. The number of hydrogen-bond donors (Lipinski definition) is 2. The Morgan fingerprint density at radius 2 is 1.74 bits per heavy atom. The van der Waals surface area contributed by atoms with Crippen molar-refractivity contribution >= 4 is 40.9 Å². The van der Waals surface area contributed by atoms with Gasteiger partial charge in [0.25, 0.3) is 5.91 Å². The van der Waals surface area contributed by atoms with Gasteiger partial charge in [0.15, 0.2) is 11.0 Å². The fraction of sp³-hybridized carbons (Fsp3) is 0.273. The minimum Gasteiger partial charge on any atom is -0.342 e. The SMILES string of the molecule is CC(C)[C@H](NC(=O)c1ccccc1)c1nnc(SCC(=O)Nc2ccc(Cl)cc2)n1C. The molecular formula is C22H24ClN5O2S. The van der Waals surface area contributed by atoms with E-state index >= 15 is 0 Å². The molecule has 0 saturated carbocycles. The van der Waals surface area contributed by atoms with Gasteiger partial charge in [-0.15, -0.1) is 10.2 Å². The van der Waals surface area contributed by atoms with Crippen molar-refractivity contribution in [3.05, 3.63) is 71.0 Å². The zero-order chi connectivity index (χ0) is 22.4. The van der Waals surface area contributed by atoms with Crippen LogP contribution in [0, 0.1) is 5.92 Å². The topological polar surface area (TPSA) is 88.9 Å². The van der Waals surface area contributed by atoms with Gasteiger partial charge >= 0.3 is 0 Å². The van der Waals surface area contributed by atoms with Crippen LogP contribution < -0.4 is 10.6 Å². The number of carbonyl (C=O) groups is 2. The van der Waals surface area contributed by atoms with E-state index in [1.807, 2.05) is 43.7 Å². The van der Waals surface area contributed by atoms with E-state index in [4.69, 9.17) is 11.6 Å². The standard InChI is InChI=1S/C22H24ClN5O2S/c1-14(2)19(25-21(30)15-7-5-4-6-8-15)20-26-27-22(28(20)3)31-13-18(29)24-17-11-9-16(23)10-12-17/h4-12,14,19H,13H2,1-3H3,(H,24,29)(H,25,30)/t19-/m0/s1. The summed E-state index contributed by atoms with van der Waals surface area (Å²) >= 11 is 7.14. The van der Waals surface area contributed by atoms with Crippen molar-refractivity contribution in [2.75, 3.05) is 11.1 Å². The summed E-state index contributed by atoms with van der Waals surface area (Å²) in [7, 11) is 1.83. The maximum atomic E-state index is 12.6. The second-order valence-electron chi connectivity index (χ2n) is 7.30. The first-order chi connectivity index (χ1) is 14.8. The van der Waals surface area contributed by atoms with E-state index in [0.29, 0.717) is 27.3 Å². The largest absolute Gasteiger partial charge is 0.342 e. The molecule has 162 valence electrons. The lowest BCUT2D eigenvalue weighted by molar-refractivity contribution is -0.113. The molecular weight excluding hydrogens is 434 g/mol. The Labute approximate surface area is 190 Å². The molecule has 0 bridgehead atoms. The summed E-state index contributed by atoms with van der Waals surface area (Å²) in [6.45, 7) is 4.02. The average Bonchev–Trinajstić information content (AvgIpc) is 3.12. The molecule has 0 aliphatic carbocycles. The lowest BCUT2D eigenvalue weighted by atomic mass is 10.0. The number of nitrogens with zero attached hydrogens (tertiary/aromatic N) is 3. The quantitative estimate of drug-likeness (QED) is 0.491. The van der Waals surface area contributed by atoms with Gasteiger partial charge in [0.1, 0.15) is 0 Å². The number of aromatic nitrogens is 3. The van der Waals surface area contributed by atoms with E-state index in [2.05, 4.69) is 20.8 Å². The third kappa shape index (κ3) is 6.08. The Bertz CT molecular complexity index is 1040. The summed E-state index contributed by atoms with van der Waals surface area (Å²) in [6, 6.07) is 15.7. The van der Waals surface area contributed by atoms with Crippen molar-refractivity contribution < 1.29 is 9.59 Å². The second-order valence-corrected chi connectivity index (χ2v) is 8.68. The molecule has 0 aliphatic heterocycles. The van der Waals surface area contributed by atoms with Crippen LogP contribution in [-0.2, 0) is 11.8 Å². The van der Waals surface area contributed by atoms with Gasteiger partial charge in [0.2, 0.25) is 5.91 Å². The van der Waals surface area contributed by atoms with Crippen LogP contribution in [0.2, 0.25) is 5.02 Å². The highest BCUT2D eigenvalue weighted by Gasteiger charge is 2.25. The van der Waals surface area contributed by atoms with E-state index in [-0.39, 0.29) is 29.5 Å². The Kier molecular flexibility index (Phi) is 7.70. The molecule has 0 aliphatic rings. The number of hydrogen-bond acceptors (Lipinski definition) is 5. The Hall–Kier alpha value is -2.84. The van der Waals surface area contributed by atoms with Crippen LogP contribution in [0.1, 0.15) is 36.1 Å². The van der Waals surface area contributed by atoms with Gasteiger partial charge < -0.3 is 15.2 Å². The van der Waals surface area contributed by atoms with Crippen LogP contribution in [0.25, 0.3) is 0 Å². The summed E-state index contributed by atoms with van der Waals surface area (Å²) in [5.74, 6) is 0.590. The maximum Gasteiger partial charge on any atom is 0.251 e. The van der Waals surface area contributed by atoms with Gasteiger partial charge in [0.05, 0.1) is 11.8 Å². The number of halogens is 1. The van der Waals surface area contributed by atoms with E-state index in [9.17, 15) is 9.59 Å². The van der Waals surface area contributed by atoms with Gasteiger partial charge in [-0.05, 0) is 42.3 Å². The van der Waals surface area contributed by atoms with Crippen molar-refractivity contribution in [3.8, 4) is 0 Å². The van der Waals surface area contributed by atoms with Gasteiger partial charge in [-0.2, -0.15) is 0 Å². The Balaban J connectivity index is 1.64. The smallest absolute Gasteiger partial charge is 0.251 e. The molecule has 31 heavy (non-hydrogen) atoms. The van der Waals surface area contributed by atoms with E-state index in [0.717, 1.165) is 0 Å². The van der Waals surface area contributed by atoms with Crippen LogP contribution in [0.3, 0.4) is 0 Å². The van der Waals surface area contributed by atoms with Crippen molar-refractivity contribution in [2.45, 2.75) is 25.0 Å². The van der Waals surface area contributed by atoms with Crippen molar-refractivity contribution in [1.82, 2.24) is 20.1 Å². The van der Waals surface area contributed by atoms with Gasteiger partial charge in [-0.1, -0.05) is 55.4 Å². The first-order valence-electron chi connectivity index (χ1n) is 9.78. The molecule has 2 aromatic carbocycles. The lowest BCUT2D eigenvalue weighted by Crippen LogP contribution is -2.33. The van der Waals surface area contributed by atoms with E-state index < -0.39 is 0 Å². The first-order valence-corrected chi connectivity index (χ1v) is 11.1. The summed E-state index contributed by atoms with van der Waals surface area (Å²) < 4.78 is 1.82. The van der Waals surface area contributed by atoms with E-state index in [1.165, 1.54) is 11.8 Å². The number of amides is 2. The minimum atomic E-state index is -0.317. The summed E-state index contributed by atoms with van der Waals surface area (Å²) in [4.78, 5) is 24.9. The zero-order valence-electron chi connectivity index (χ0n) is 17.5. The number of carbonyl (C=O) groups excluding carboxylic acids is 2. The van der Waals surface area contributed by atoms with Crippen LogP contribution in [0.15, 0.2) is 59.8 Å². The molecule has 3 aromatic rings. The Morgan fingerprint density at radius 3 is 2.39 bits per heavy atom. The van der Waals surface area contributed by atoms with Crippen molar-refractivity contribution in [1.29, 1.82) is 0 Å². The molecule has 7 nitrogen and oxygen atoms in total. The van der Waals surface area contributed by atoms with Gasteiger partial charge in [-0.25, -0.2) is 0 Å². The van der Waals surface area contributed by atoms with Crippen LogP contribution in [0.4, 0.5) is 5.69 Å². The molecule has 0 radical (unpaired) electrons. The molecule has 1 atom stereocenters. The fourth-order valence-corrected chi connectivity index (χ4v) is 3.77. The fourth-order valence-electron chi connectivity index (χ4n) is 2.93. The molecule has 0 saturated heterocycles. The third-order valence-corrected chi connectivity index (χ3v) is 5.87. The number of nitrogens with one attached hydrogen (secondary N) is 2. The normalized spacial score (nSPS) is 11.9. The predicted octanol–water partition coefficient (Wildman–Crippen LogP) is 4.33.